The van der Waals surface area contributed by atoms with Gasteiger partial charge in [0.15, 0.2) is 5.13 Å². The molecule has 1 aromatic rings. The lowest BCUT2D eigenvalue weighted by atomic mass is 9.98. The van der Waals surface area contributed by atoms with Crippen molar-refractivity contribution in [3.05, 3.63) is 11.1 Å². The lowest BCUT2D eigenvalue weighted by Crippen LogP contribution is -2.44. The third-order valence-corrected chi connectivity index (χ3v) is 4.75. The van der Waals surface area contributed by atoms with E-state index in [-0.39, 0.29) is 12.5 Å². The molecule has 0 radical (unpaired) electrons. The minimum Gasteiger partial charge on any atom is -0.323 e. The molecule has 1 spiro atoms. The second kappa shape index (κ2) is 5.10. The predicted molar refractivity (Wildman–Crippen MR) is 76.9 cm³/mol. The number of urea groups is 1. The van der Waals surface area contributed by atoms with Gasteiger partial charge in [-0.1, -0.05) is 12.8 Å². The molecule has 2 N–H and O–H groups in total. The number of carbonyl (C=O) groups excluding carboxylic acids is 3. The summed E-state index contributed by atoms with van der Waals surface area (Å²) in [6, 6.07) is -0.479. The van der Waals surface area contributed by atoms with Crippen LogP contribution < -0.4 is 10.6 Å². The lowest BCUT2D eigenvalue weighted by molar-refractivity contribution is -0.133. The summed E-state index contributed by atoms with van der Waals surface area (Å²) in [5, 5.41) is 7.64. The van der Waals surface area contributed by atoms with Crippen molar-refractivity contribution in [1.29, 1.82) is 0 Å². The highest BCUT2D eigenvalue weighted by atomic mass is 32.1. The Morgan fingerprint density at radius 1 is 1.48 bits per heavy atom. The van der Waals surface area contributed by atoms with Gasteiger partial charge in [-0.05, 0) is 19.8 Å². The van der Waals surface area contributed by atoms with Gasteiger partial charge >= 0.3 is 6.03 Å². The highest BCUT2D eigenvalue weighted by Gasteiger charge is 2.52. The van der Waals surface area contributed by atoms with Crippen LogP contribution in [0.2, 0.25) is 0 Å². The Kier molecular flexibility index (Phi) is 3.40. The Balaban J connectivity index is 1.65. The summed E-state index contributed by atoms with van der Waals surface area (Å²) in [5.41, 5.74) is 0.0463. The van der Waals surface area contributed by atoms with E-state index in [1.165, 1.54) is 11.3 Å². The summed E-state index contributed by atoms with van der Waals surface area (Å²) >= 11 is 1.31. The number of aromatic nitrogens is 1. The molecule has 1 aromatic heterocycles. The summed E-state index contributed by atoms with van der Waals surface area (Å²) in [6.45, 7) is 1.55. The quantitative estimate of drug-likeness (QED) is 0.822. The van der Waals surface area contributed by atoms with Crippen molar-refractivity contribution in [3.8, 4) is 0 Å². The fraction of sp³-hybridized carbons (Fsp3) is 0.538. The maximum Gasteiger partial charge on any atom is 0.325 e. The largest absolute Gasteiger partial charge is 0.325 e. The van der Waals surface area contributed by atoms with Gasteiger partial charge in [0.25, 0.3) is 5.91 Å². The number of nitrogens with zero attached hydrogens (tertiary/aromatic N) is 2. The highest BCUT2D eigenvalue weighted by Crippen LogP contribution is 2.34. The third-order valence-electron chi connectivity index (χ3n) is 3.87. The minimum absolute atomic E-state index is 0.273. The normalized spacial score (nSPS) is 20.1. The number of hydrogen-bond donors (Lipinski definition) is 2. The van der Waals surface area contributed by atoms with Gasteiger partial charge in [0, 0.05) is 5.38 Å². The van der Waals surface area contributed by atoms with Gasteiger partial charge in [-0.15, -0.1) is 11.3 Å². The third kappa shape index (κ3) is 2.51. The van der Waals surface area contributed by atoms with Crippen molar-refractivity contribution in [2.24, 2.45) is 0 Å². The molecule has 0 atom stereocenters. The molecule has 2 heterocycles. The van der Waals surface area contributed by atoms with E-state index in [4.69, 9.17) is 0 Å². The molecule has 0 aromatic carbocycles. The van der Waals surface area contributed by atoms with Crippen molar-refractivity contribution >= 4 is 34.3 Å². The molecule has 21 heavy (non-hydrogen) atoms. The van der Waals surface area contributed by atoms with E-state index in [2.05, 4.69) is 15.6 Å². The van der Waals surface area contributed by atoms with Crippen molar-refractivity contribution in [3.63, 3.8) is 0 Å². The Morgan fingerprint density at radius 3 is 2.81 bits per heavy atom. The van der Waals surface area contributed by atoms with Crippen LogP contribution in [0.1, 0.15) is 31.4 Å². The molecule has 7 nitrogen and oxygen atoms in total. The zero-order valence-electron chi connectivity index (χ0n) is 11.6. The second-order valence-corrected chi connectivity index (χ2v) is 6.31. The molecule has 0 unspecified atom stereocenters. The number of aryl methyl sites for hydroxylation is 1. The van der Waals surface area contributed by atoms with Crippen LogP contribution in [-0.2, 0) is 9.59 Å². The van der Waals surface area contributed by atoms with Gasteiger partial charge in [-0.2, -0.15) is 0 Å². The number of anilines is 1. The van der Waals surface area contributed by atoms with Crippen molar-refractivity contribution in [2.45, 2.75) is 38.1 Å². The van der Waals surface area contributed by atoms with Gasteiger partial charge in [0.05, 0.1) is 5.69 Å². The first-order chi connectivity index (χ1) is 10.00. The SMILES string of the molecule is Cc1csc(NC(=O)CN2C(=O)NC3(CCCC3)C2=O)n1. The first-order valence-corrected chi connectivity index (χ1v) is 7.74. The predicted octanol–water partition coefficient (Wildman–Crippen LogP) is 1.25. The van der Waals surface area contributed by atoms with Crippen molar-refractivity contribution < 1.29 is 14.4 Å². The molecule has 1 saturated heterocycles. The Morgan fingerprint density at radius 2 is 2.19 bits per heavy atom. The second-order valence-electron chi connectivity index (χ2n) is 5.45. The highest BCUT2D eigenvalue weighted by molar-refractivity contribution is 7.13. The van der Waals surface area contributed by atoms with E-state index in [1.54, 1.807) is 0 Å². The lowest BCUT2D eigenvalue weighted by Gasteiger charge is -2.19. The smallest absolute Gasteiger partial charge is 0.323 e. The van der Waals surface area contributed by atoms with Crippen molar-refractivity contribution in [1.82, 2.24) is 15.2 Å². The maximum absolute atomic E-state index is 12.4. The van der Waals surface area contributed by atoms with E-state index in [1.807, 2.05) is 12.3 Å². The van der Waals surface area contributed by atoms with Crippen LogP contribution in [0.15, 0.2) is 5.38 Å². The summed E-state index contributed by atoms with van der Waals surface area (Å²) in [7, 11) is 0. The summed E-state index contributed by atoms with van der Waals surface area (Å²) in [6.07, 6.45) is 3.15. The van der Waals surface area contributed by atoms with Crippen LogP contribution in [0, 0.1) is 6.92 Å². The fourth-order valence-electron chi connectivity index (χ4n) is 2.85. The number of hydrogen-bond acceptors (Lipinski definition) is 5. The zero-order valence-corrected chi connectivity index (χ0v) is 12.5. The van der Waals surface area contributed by atoms with Crippen LogP contribution >= 0.6 is 11.3 Å². The molecular formula is C13H16N4O3S. The number of thiazole rings is 1. The molecule has 1 aliphatic heterocycles. The van der Waals surface area contributed by atoms with Gasteiger partial charge in [-0.3, -0.25) is 14.5 Å². The molecule has 0 bridgehead atoms. The maximum atomic E-state index is 12.4. The zero-order chi connectivity index (χ0) is 15.0. The van der Waals surface area contributed by atoms with Crippen LogP contribution in [0.5, 0.6) is 0 Å². The number of carbonyl (C=O) groups is 3. The Hall–Kier alpha value is -1.96. The van der Waals surface area contributed by atoms with E-state index in [0.29, 0.717) is 18.0 Å². The molecular weight excluding hydrogens is 292 g/mol. The Bertz CT molecular complexity index is 606. The monoisotopic (exact) mass is 308 g/mol. The van der Waals surface area contributed by atoms with Gasteiger partial charge in [0.2, 0.25) is 5.91 Å². The van der Waals surface area contributed by atoms with Crippen LogP contribution in [0.25, 0.3) is 0 Å². The molecule has 3 rings (SSSR count). The summed E-state index contributed by atoms with van der Waals surface area (Å²) in [5.74, 6) is -0.696. The topological polar surface area (TPSA) is 91.4 Å². The Labute approximate surface area is 125 Å². The van der Waals surface area contributed by atoms with E-state index >= 15 is 0 Å². The number of rotatable bonds is 3. The van der Waals surface area contributed by atoms with E-state index < -0.39 is 17.5 Å². The van der Waals surface area contributed by atoms with Crippen LogP contribution in [0.4, 0.5) is 9.93 Å². The average molecular weight is 308 g/mol. The summed E-state index contributed by atoms with van der Waals surface area (Å²) < 4.78 is 0. The van der Waals surface area contributed by atoms with Crippen molar-refractivity contribution in [2.75, 3.05) is 11.9 Å². The molecule has 1 saturated carbocycles. The first kappa shape index (κ1) is 14.0. The van der Waals surface area contributed by atoms with E-state index in [9.17, 15) is 14.4 Å². The molecule has 2 fully saturated rings. The van der Waals surface area contributed by atoms with Gasteiger partial charge in [-0.25, -0.2) is 9.78 Å². The number of nitrogens with one attached hydrogen (secondary N) is 2. The number of imide groups is 1. The van der Waals surface area contributed by atoms with Crippen LogP contribution in [0.3, 0.4) is 0 Å². The summed E-state index contributed by atoms with van der Waals surface area (Å²) in [4.78, 5) is 41.4. The molecule has 112 valence electrons. The molecule has 8 heteroatoms. The van der Waals surface area contributed by atoms with Crippen LogP contribution in [-0.4, -0.2) is 39.8 Å². The molecule has 4 amide bonds. The molecule has 2 aliphatic rings. The first-order valence-electron chi connectivity index (χ1n) is 6.86. The van der Waals surface area contributed by atoms with E-state index in [0.717, 1.165) is 23.4 Å². The van der Waals surface area contributed by atoms with Gasteiger partial charge in [0.1, 0.15) is 12.1 Å². The van der Waals surface area contributed by atoms with Gasteiger partial charge < -0.3 is 10.6 Å². The average Bonchev–Trinajstić information content (AvgIpc) is 3.09. The minimum atomic E-state index is -0.769. The molecule has 1 aliphatic carbocycles. The number of amides is 4. The fourth-order valence-corrected chi connectivity index (χ4v) is 3.56. The standard InChI is InChI=1S/C13H16N4O3S/c1-8-7-21-11(14-8)15-9(18)6-17-10(19)13(16-12(17)20)4-2-3-5-13/h7H,2-6H2,1H3,(H,16,20)(H,14,15,18).